The third-order valence-electron chi connectivity index (χ3n) is 5.78. The van der Waals surface area contributed by atoms with E-state index >= 15 is 0 Å². The Balaban J connectivity index is 2.07. The molecule has 2 aromatic carbocycles. The summed E-state index contributed by atoms with van der Waals surface area (Å²) in [5, 5.41) is 23.9. The lowest BCUT2D eigenvalue weighted by atomic mass is 10.00. The van der Waals surface area contributed by atoms with Gasteiger partial charge in [0.1, 0.15) is 5.69 Å². The van der Waals surface area contributed by atoms with Gasteiger partial charge >= 0.3 is 0 Å². The number of nitrogen functional groups attached to an aromatic ring is 1. The minimum Gasteiger partial charge on any atom is -0.393 e. The van der Waals surface area contributed by atoms with Crippen LogP contribution in [0.5, 0.6) is 0 Å². The standard InChI is InChI=1S/C26H32N6O3/c1-5-6-10-15-28-19(4)25-29-18(3)24(21-13-14-23(32(34)35)22(27)16-21)26(33)31(25)30-17(2)20-11-8-7-9-12-20/h7-9,11-14,16,28-29H,5-6,10,15,27H2,1-4H3/b25-19+,30-17+. The number of amides is 1. The predicted molar refractivity (Wildman–Crippen MR) is 139 cm³/mol. The third kappa shape index (κ3) is 5.87. The number of hydrogen-bond donors (Lipinski definition) is 3. The van der Waals surface area contributed by atoms with Gasteiger partial charge in [-0.15, -0.1) is 0 Å². The lowest BCUT2D eigenvalue weighted by Crippen LogP contribution is -2.41. The lowest BCUT2D eigenvalue weighted by Gasteiger charge is -2.31. The molecule has 1 heterocycles. The van der Waals surface area contributed by atoms with Crippen molar-refractivity contribution in [3.63, 3.8) is 0 Å². The summed E-state index contributed by atoms with van der Waals surface area (Å²) in [6, 6.07) is 13.9. The van der Waals surface area contributed by atoms with E-state index < -0.39 is 4.92 Å². The number of nitrogens with two attached hydrogens (primary N) is 1. The van der Waals surface area contributed by atoms with Crippen molar-refractivity contribution in [2.24, 2.45) is 5.10 Å². The smallest absolute Gasteiger partial charge is 0.292 e. The van der Waals surface area contributed by atoms with Crippen molar-refractivity contribution < 1.29 is 9.72 Å². The molecule has 0 saturated heterocycles. The molecule has 0 atom stereocenters. The van der Waals surface area contributed by atoms with Crippen LogP contribution in [-0.4, -0.2) is 28.1 Å². The van der Waals surface area contributed by atoms with E-state index in [1.165, 1.54) is 23.2 Å². The number of nitro benzene ring substituents is 1. The van der Waals surface area contributed by atoms with Crippen LogP contribution >= 0.6 is 0 Å². The number of nitro groups is 1. The van der Waals surface area contributed by atoms with E-state index in [2.05, 4.69) is 22.7 Å². The Kier molecular flexibility index (Phi) is 8.25. The van der Waals surface area contributed by atoms with Crippen LogP contribution in [0.3, 0.4) is 0 Å². The first-order chi connectivity index (χ1) is 16.7. The van der Waals surface area contributed by atoms with Crippen LogP contribution < -0.4 is 16.4 Å². The summed E-state index contributed by atoms with van der Waals surface area (Å²) in [4.78, 5) is 24.4. The van der Waals surface area contributed by atoms with Gasteiger partial charge in [0.25, 0.3) is 11.6 Å². The summed E-state index contributed by atoms with van der Waals surface area (Å²) in [5.41, 5.74) is 9.48. The molecular weight excluding hydrogens is 444 g/mol. The van der Waals surface area contributed by atoms with Gasteiger partial charge in [0.2, 0.25) is 0 Å². The molecule has 1 amide bonds. The van der Waals surface area contributed by atoms with Gasteiger partial charge in [-0.05, 0) is 50.5 Å². The number of unbranched alkanes of at least 4 members (excludes halogenated alkanes) is 2. The van der Waals surface area contributed by atoms with Gasteiger partial charge in [-0.25, -0.2) is 0 Å². The monoisotopic (exact) mass is 476 g/mol. The highest BCUT2D eigenvalue weighted by Gasteiger charge is 2.32. The Morgan fingerprint density at radius 1 is 1.17 bits per heavy atom. The zero-order valence-corrected chi connectivity index (χ0v) is 20.6. The average molecular weight is 477 g/mol. The number of hydrazone groups is 1. The van der Waals surface area contributed by atoms with E-state index in [0.717, 1.165) is 37.1 Å². The fraction of sp³-hybridized carbons (Fsp3) is 0.308. The zero-order chi connectivity index (χ0) is 25.5. The highest BCUT2D eigenvalue weighted by atomic mass is 16.6. The van der Waals surface area contributed by atoms with Crippen LogP contribution in [-0.2, 0) is 4.79 Å². The van der Waals surface area contributed by atoms with Crippen LogP contribution in [0.2, 0.25) is 0 Å². The van der Waals surface area contributed by atoms with Crippen molar-refractivity contribution in [1.29, 1.82) is 0 Å². The minimum atomic E-state index is -0.546. The quantitative estimate of drug-likeness (QED) is 0.158. The molecule has 35 heavy (non-hydrogen) atoms. The topological polar surface area (TPSA) is 126 Å². The van der Waals surface area contributed by atoms with Gasteiger partial charge in [-0.2, -0.15) is 10.1 Å². The largest absolute Gasteiger partial charge is 0.393 e. The Bertz CT molecular complexity index is 1200. The van der Waals surface area contributed by atoms with Crippen molar-refractivity contribution in [1.82, 2.24) is 15.6 Å². The Hall–Kier alpha value is -4.14. The molecule has 2 aromatic rings. The molecule has 4 N–H and O–H groups in total. The molecule has 0 fully saturated rings. The second-order valence-electron chi connectivity index (χ2n) is 8.43. The number of carbonyl (C=O) groups excluding carboxylic acids is 1. The fourth-order valence-electron chi connectivity index (χ4n) is 3.85. The lowest BCUT2D eigenvalue weighted by molar-refractivity contribution is -0.383. The Labute approximate surface area is 205 Å². The summed E-state index contributed by atoms with van der Waals surface area (Å²) in [5.74, 6) is 0.187. The number of hydrogen-bond acceptors (Lipinski definition) is 7. The summed E-state index contributed by atoms with van der Waals surface area (Å²) in [7, 11) is 0. The van der Waals surface area contributed by atoms with Crippen molar-refractivity contribution in [3.8, 4) is 0 Å². The van der Waals surface area contributed by atoms with E-state index in [0.29, 0.717) is 28.4 Å². The van der Waals surface area contributed by atoms with E-state index in [-0.39, 0.29) is 17.3 Å². The molecule has 0 saturated carbocycles. The maximum Gasteiger partial charge on any atom is 0.292 e. The zero-order valence-electron chi connectivity index (χ0n) is 20.6. The first-order valence-corrected chi connectivity index (χ1v) is 11.7. The molecule has 9 heteroatoms. The van der Waals surface area contributed by atoms with Crippen molar-refractivity contribution in [2.75, 3.05) is 12.3 Å². The Morgan fingerprint density at radius 2 is 1.89 bits per heavy atom. The van der Waals surface area contributed by atoms with Crippen LogP contribution in [0.1, 0.15) is 58.1 Å². The van der Waals surface area contributed by atoms with Crippen LogP contribution in [0, 0.1) is 10.1 Å². The van der Waals surface area contributed by atoms with Crippen molar-refractivity contribution >= 4 is 28.6 Å². The average Bonchev–Trinajstić information content (AvgIpc) is 2.83. The molecule has 0 bridgehead atoms. The van der Waals surface area contributed by atoms with E-state index in [4.69, 9.17) is 5.73 Å². The number of nitrogens with one attached hydrogen (secondary N) is 2. The van der Waals surface area contributed by atoms with Crippen LogP contribution in [0.25, 0.3) is 5.57 Å². The number of nitrogens with zero attached hydrogens (tertiary/aromatic N) is 3. The van der Waals surface area contributed by atoms with Gasteiger partial charge in [0, 0.05) is 18.3 Å². The summed E-state index contributed by atoms with van der Waals surface area (Å²) in [6.07, 6.45) is 3.25. The number of rotatable bonds is 9. The molecule has 184 valence electrons. The van der Waals surface area contributed by atoms with Gasteiger partial charge in [-0.1, -0.05) is 50.1 Å². The van der Waals surface area contributed by atoms with Crippen LogP contribution in [0.4, 0.5) is 11.4 Å². The predicted octanol–water partition coefficient (Wildman–Crippen LogP) is 4.73. The van der Waals surface area contributed by atoms with Gasteiger partial charge in [0.15, 0.2) is 5.82 Å². The minimum absolute atomic E-state index is 0.00812. The summed E-state index contributed by atoms with van der Waals surface area (Å²) in [6.45, 7) is 8.47. The molecule has 1 aliphatic heterocycles. The van der Waals surface area contributed by atoms with E-state index in [1.54, 1.807) is 6.92 Å². The van der Waals surface area contributed by atoms with E-state index in [1.807, 2.05) is 44.2 Å². The maximum atomic E-state index is 13.8. The summed E-state index contributed by atoms with van der Waals surface area (Å²) >= 11 is 0. The van der Waals surface area contributed by atoms with Gasteiger partial charge in [0.05, 0.1) is 21.9 Å². The normalized spacial score (nSPS) is 15.7. The fourth-order valence-corrected chi connectivity index (χ4v) is 3.85. The number of carbonyl (C=O) groups is 1. The molecule has 1 aliphatic rings. The highest BCUT2D eigenvalue weighted by Crippen LogP contribution is 2.32. The first-order valence-electron chi connectivity index (χ1n) is 11.7. The van der Waals surface area contributed by atoms with E-state index in [9.17, 15) is 14.9 Å². The highest BCUT2D eigenvalue weighted by molar-refractivity contribution is 6.22. The molecular formula is C26H32N6O3. The van der Waals surface area contributed by atoms with Gasteiger partial charge < -0.3 is 16.4 Å². The van der Waals surface area contributed by atoms with Crippen molar-refractivity contribution in [3.05, 3.63) is 87.0 Å². The second kappa shape index (κ2) is 11.3. The first kappa shape index (κ1) is 25.5. The number of anilines is 1. The molecule has 0 spiro atoms. The Morgan fingerprint density at radius 3 is 2.51 bits per heavy atom. The number of benzene rings is 2. The number of allylic oxidation sites excluding steroid dienone is 2. The molecule has 0 radical (unpaired) electrons. The SMILES string of the molecule is CCCCCN/C(C)=C1\NC(C)=C(c2ccc([N+](=O)[O-])c(N)c2)C(=O)N1/N=C(\C)c1ccccc1. The van der Waals surface area contributed by atoms with Crippen molar-refractivity contribution in [2.45, 2.75) is 47.0 Å². The molecule has 0 aliphatic carbocycles. The molecule has 3 rings (SSSR count). The third-order valence-corrected chi connectivity index (χ3v) is 5.78. The molecule has 0 aromatic heterocycles. The molecule has 0 unspecified atom stereocenters. The maximum absolute atomic E-state index is 13.8. The van der Waals surface area contributed by atoms with Crippen LogP contribution in [0.15, 0.2) is 70.8 Å². The second-order valence-corrected chi connectivity index (χ2v) is 8.43. The molecule has 9 nitrogen and oxygen atoms in total. The van der Waals surface area contributed by atoms with Gasteiger partial charge in [-0.3, -0.25) is 14.9 Å². The summed E-state index contributed by atoms with van der Waals surface area (Å²) < 4.78 is 0.